The third-order valence-corrected chi connectivity index (χ3v) is 3.35. The van der Waals surface area contributed by atoms with Gasteiger partial charge < -0.3 is 15.4 Å². The highest BCUT2D eigenvalue weighted by atomic mass is 16.3. The molecule has 3 N–H and O–H groups in total. The Balaban J connectivity index is 2.35. The molecule has 0 aliphatic carbocycles. The summed E-state index contributed by atoms with van der Waals surface area (Å²) in [7, 11) is 0. The van der Waals surface area contributed by atoms with Gasteiger partial charge in [0.1, 0.15) is 5.75 Å². The Morgan fingerprint density at radius 3 is 2.80 bits per heavy atom. The number of carbonyl (C=O) groups is 1. The number of para-hydroxylation sites is 1. The van der Waals surface area contributed by atoms with E-state index in [0.29, 0.717) is 10.9 Å². The van der Waals surface area contributed by atoms with Gasteiger partial charge in [0.2, 0.25) is 5.91 Å². The van der Waals surface area contributed by atoms with Gasteiger partial charge in [-0.1, -0.05) is 19.1 Å². The molecule has 2 rings (SSSR count). The van der Waals surface area contributed by atoms with Crippen LogP contribution in [0.3, 0.4) is 0 Å². The topological polar surface area (TPSA) is 82.2 Å². The maximum Gasteiger partial charge on any atom is 0.255 e. The van der Waals surface area contributed by atoms with Crippen molar-refractivity contribution in [1.29, 1.82) is 0 Å². The fraction of sp³-hybridized carbons (Fsp3) is 0.333. The zero-order valence-electron chi connectivity index (χ0n) is 11.6. The van der Waals surface area contributed by atoms with E-state index in [9.17, 15) is 14.7 Å². The number of rotatable bonds is 4. The number of fused-ring (bicyclic) bond motifs is 1. The van der Waals surface area contributed by atoms with Crippen LogP contribution < -0.4 is 10.9 Å². The summed E-state index contributed by atoms with van der Waals surface area (Å²) in [6, 6.07) is 7.00. The molecule has 5 nitrogen and oxygen atoms in total. The monoisotopic (exact) mass is 274 g/mol. The molecule has 0 spiro atoms. The van der Waals surface area contributed by atoms with Crippen LogP contribution in [-0.4, -0.2) is 22.0 Å². The number of aromatic hydroxyl groups is 1. The first-order chi connectivity index (χ1) is 9.52. The van der Waals surface area contributed by atoms with Gasteiger partial charge in [0, 0.05) is 11.4 Å². The smallest absolute Gasteiger partial charge is 0.255 e. The second-order valence-electron chi connectivity index (χ2n) is 4.88. The summed E-state index contributed by atoms with van der Waals surface area (Å²) in [5.41, 5.74) is 0.228. The second-order valence-corrected chi connectivity index (χ2v) is 4.88. The molecular formula is C15H18N2O3. The number of aromatic nitrogens is 1. The van der Waals surface area contributed by atoms with Gasteiger partial charge in [0.25, 0.3) is 5.56 Å². The summed E-state index contributed by atoms with van der Waals surface area (Å²) in [6.45, 7) is 3.85. The summed E-state index contributed by atoms with van der Waals surface area (Å²) in [4.78, 5) is 26.5. The Bertz CT molecular complexity index is 691. The average molecular weight is 274 g/mol. The van der Waals surface area contributed by atoms with Crippen LogP contribution in [0, 0.1) is 0 Å². The molecule has 1 aromatic carbocycles. The summed E-state index contributed by atoms with van der Waals surface area (Å²) < 4.78 is 0. The van der Waals surface area contributed by atoms with E-state index in [1.807, 2.05) is 13.8 Å². The molecule has 0 aliphatic rings. The number of benzene rings is 1. The molecule has 1 atom stereocenters. The van der Waals surface area contributed by atoms with Crippen molar-refractivity contribution in [2.24, 2.45) is 0 Å². The minimum absolute atomic E-state index is 0.0455. The molecule has 106 valence electrons. The van der Waals surface area contributed by atoms with E-state index in [2.05, 4.69) is 10.3 Å². The van der Waals surface area contributed by atoms with Gasteiger partial charge in [0.05, 0.1) is 17.5 Å². The molecule has 0 aliphatic heterocycles. The molecule has 1 aromatic heterocycles. The van der Waals surface area contributed by atoms with E-state index in [0.717, 1.165) is 6.42 Å². The molecule has 0 bridgehead atoms. The standard InChI is InChI=1S/C15H18N2O3/c1-3-9(2)16-13(18)8-11-14(19)10-6-4-5-7-12(10)17-15(11)20/h4-7,9H,3,8H2,1-2H3,(H,16,18)(H2,17,19,20)/t9-/m0/s1. The van der Waals surface area contributed by atoms with E-state index < -0.39 is 5.56 Å². The number of aromatic amines is 1. The number of H-pyrrole nitrogens is 1. The quantitative estimate of drug-likeness (QED) is 0.793. The lowest BCUT2D eigenvalue weighted by molar-refractivity contribution is -0.121. The first-order valence-corrected chi connectivity index (χ1v) is 6.65. The Morgan fingerprint density at radius 2 is 2.10 bits per heavy atom. The van der Waals surface area contributed by atoms with Gasteiger partial charge in [-0.2, -0.15) is 0 Å². The lowest BCUT2D eigenvalue weighted by Crippen LogP contribution is -2.34. The summed E-state index contributed by atoms with van der Waals surface area (Å²) >= 11 is 0. The minimum atomic E-state index is -0.430. The first kappa shape index (κ1) is 14.1. The van der Waals surface area contributed by atoms with Crippen LogP contribution in [0.5, 0.6) is 5.75 Å². The van der Waals surface area contributed by atoms with Crippen LogP contribution in [-0.2, 0) is 11.2 Å². The third-order valence-electron chi connectivity index (χ3n) is 3.35. The van der Waals surface area contributed by atoms with Gasteiger partial charge in [0.15, 0.2) is 0 Å². The maximum absolute atomic E-state index is 11.9. The molecule has 0 saturated heterocycles. The molecule has 0 radical (unpaired) electrons. The van der Waals surface area contributed by atoms with E-state index in [1.54, 1.807) is 24.3 Å². The van der Waals surface area contributed by atoms with E-state index >= 15 is 0 Å². The van der Waals surface area contributed by atoms with Crippen LogP contribution in [0.2, 0.25) is 0 Å². The molecular weight excluding hydrogens is 256 g/mol. The maximum atomic E-state index is 11.9. The van der Waals surface area contributed by atoms with E-state index in [4.69, 9.17) is 0 Å². The Hall–Kier alpha value is -2.30. The number of carbonyl (C=O) groups excluding carboxylic acids is 1. The van der Waals surface area contributed by atoms with Crippen molar-refractivity contribution in [3.05, 3.63) is 40.2 Å². The first-order valence-electron chi connectivity index (χ1n) is 6.65. The van der Waals surface area contributed by atoms with Crippen molar-refractivity contribution >= 4 is 16.8 Å². The molecule has 20 heavy (non-hydrogen) atoms. The average Bonchev–Trinajstić information content (AvgIpc) is 2.43. The van der Waals surface area contributed by atoms with Gasteiger partial charge in [-0.3, -0.25) is 9.59 Å². The Kier molecular flexibility index (Phi) is 4.08. The van der Waals surface area contributed by atoms with Crippen LogP contribution in [0.1, 0.15) is 25.8 Å². The van der Waals surface area contributed by atoms with E-state index in [1.165, 1.54) is 0 Å². The van der Waals surface area contributed by atoms with Crippen molar-refractivity contribution < 1.29 is 9.90 Å². The highest BCUT2D eigenvalue weighted by molar-refractivity contribution is 5.88. The highest BCUT2D eigenvalue weighted by Crippen LogP contribution is 2.24. The van der Waals surface area contributed by atoms with Crippen LogP contribution in [0.25, 0.3) is 10.9 Å². The fourth-order valence-electron chi connectivity index (χ4n) is 2.02. The zero-order valence-corrected chi connectivity index (χ0v) is 11.6. The molecule has 2 aromatic rings. The van der Waals surface area contributed by atoms with Crippen molar-refractivity contribution in [3.8, 4) is 5.75 Å². The van der Waals surface area contributed by atoms with E-state index in [-0.39, 0.29) is 29.7 Å². The van der Waals surface area contributed by atoms with Crippen LogP contribution in [0.4, 0.5) is 0 Å². The molecule has 0 unspecified atom stereocenters. The van der Waals surface area contributed by atoms with Crippen molar-refractivity contribution in [2.75, 3.05) is 0 Å². The lowest BCUT2D eigenvalue weighted by Gasteiger charge is -2.12. The zero-order chi connectivity index (χ0) is 14.7. The van der Waals surface area contributed by atoms with Crippen LogP contribution >= 0.6 is 0 Å². The van der Waals surface area contributed by atoms with Gasteiger partial charge >= 0.3 is 0 Å². The molecule has 1 amide bonds. The Morgan fingerprint density at radius 1 is 1.40 bits per heavy atom. The predicted octanol–water partition coefficient (Wildman–Crippen LogP) is 1.69. The summed E-state index contributed by atoms with van der Waals surface area (Å²) in [5.74, 6) is -0.390. The number of amides is 1. The normalized spacial score (nSPS) is 12.3. The summed E-state index contributed by atoms with van der Waals surface area (Å²) in [5, 5.41) is 13.5. The SMILES string of the molecule is CC[C@H](C)NC(=O)Cc1c(O)c2ccccc2[nH]c1=O. The second kappa shape index (κ2) is 5.77. The number of hydrogen-bond donors (Lipinski definition) is 3. The van der Waals surface area contributed by atoms with Gasteiger partial charge in [-0.15, -0.1) is 0 Å². The van der Waals surface area contributed by atoms with Gasteiger partial charge in [-0.05, 0) is 25.5 Å². The van der Waals surface area contributed by atoms with Crippen molar-refractivity contribution in [2.45, 2.75) is 32.7 Å². The number of nitrogens with one attached hydrogen (secondary N) is 2. The largest absolute Gasteiger partial charge is 0.507 e. The van der Waals surface area contributed by atoms with Crippen LogP contribution in [0.15, 0.2) is 29.1 Å². The van der Waals surface area contributed by atoms with Crippen molar-refractivity contribution in [3.63, 3.8) is 0 Å². The molecule has 0 fully saturated rings. The predicted molar refractivity (Wildman–Crippen MR) is 77.8 cm³/mol. The Labute approximate surface area is 116 Å². The lowest BCUT2D eigenvalue weighted by atomic mass is 10.1. The molecule has 5 heteroatoms. The fourth-order valence-corrected chi connectivity index (χ4v) is 2.02. The molecule has 0 saturated carbocycles. The highest BCUT2D eigenvalue weighted by Gasteiger charge is 2.15. The van der Waals surface area contributed by atoms with Gasteiger partial charge in [-0.25, -0.2) is 0 Å². The number of hydrogen-bond acceptors (Lipinski definition) is 3. The minimum Gasteiger partial charge on any atom is -0.507 e. The third kappa shape index (κ3) is 2.82. The molecule has 1 heterocycles. The van der Waals surface area contributed by atoms with Crippen molar-refractivity contribution in [1.82, 2.24) is 10.3 Å². The summed E-state index contributed by atoms with van der Waals surface area (Å²) in [6.07, 6.45) is 0.683. The number of pyridine rings is 1.